The van der Waals surface area contributed by atoms with Gasteiger partial charge < -0.3 is 35.7 Å². The maximum atomic E-state index is 12.9. The topological polar surface area (TPSA) is 193 Å². The Labute approximate surface area is 257 Å². The highest BCUT2D eigenvalue weighted by Crippen LogP contribution is 2.60. The highest BCUT2D eigenvalue weighted by Gasteiger charge is 2.55. The van der Waals surface area contributed by atoms with Gasteiger partial charge in [-0.05, 0) is 24.3 Å². The summed E-state index contributed by atoms with van der Waals surface area (Å²) in [5.74, 6) is -6.32. The number of phenols is 4. The van der Waals surface area contributed by atoms with Crippen molar-refractivity contribution < 1.29 is 50.1 Å². The van der Waals surface area contributed by atoms with Crippen LogP contribution in [-0.2, 0) is 19.8 Å². The minimum atomic E-state index is -2.30. The third-order valence-corrected chi connectivity index (χ3v) is 7.38. The third-order valence-electron chi connectivity index (χ3n) is 7.38. The zero-order chi connectivity index (χ0) is 32.8. The van der Waals surface area contributed by atoms with E-state index < -0.39 is 57.3 Å². The van der Waals surface area contributed by atoms with Gasteiger partial charge in [-0.1, -0.05) is 91.0 Å². The van der Waals surface area contributed by atoms with Crippen molar-refractivity contribution in [2.45, 2.75) is 5.41 Å². The second kappa shape index (κ2) is 12.9. The zero-order valence-corrected chi connectivity index (χ0v) is 23.5. The molecule has 7 N–H and O–H groups in total. The number of benzene rings is 4. The lowest BCUT2D eigenvalue weighted by Gasteiger charge is -2.48. The van der Waals surface area contributed by atoms with Gasteiger partial charge in [0.15, 0.2) is 0 Å². The second-order valence-electron chi connectivity index (χ2n) is 9.96. The average molecular weight is 609 g/mol. The number of rotatable bonds is 11. The second-order valence-corrected chi connectivity index (χ2v) is 9.96. The number of carboxylic acid groups (broad SMARTS) is 3. The van der Waals surface area contributed by atoms with E-state index >= 15 is 0 Å². The predicted molar refractivity (Wildman–Crippen MR) is 164 cm³/mol. The quantitative estimate of drug-likeness (QED) is 0.0870. The Morgan fingerprint density at radius 3 is 1.20 bits per heavy atom. The summed E-state index contributed by atoms with van der Waals surface area (Å²) in [5.41, 5.74) is -5.51. The van der Waals surface area contributed by atoms with E-state index in [1.54, 1.807) is 0 Å². The first-order valence-corrected chi connectivity index (χ1v) is 13.4. The van der Waals surface area contributed by atoms with Crippen molar-refractivity contribution in [3.8, 4) is 23.0 Å². The van der Waals surface area contributed by atoms with E-state index in [2.05, 4.69) is 0 Å². The van der Waals surface area contributed by atoms with Gasteiger partial charge in [0.1, 0.15) is 23.0 Å². The summed E-state index contributed by atoms with van der Waals surface area (Å²) < 4.78 is 0. The van der Waals surface area contributed by atoms with E-state index in [9.17, 15) is 50.1 Å². The predicted octanol–water partition coefficient (Wildman–Crippen LogP) is 5.28. The fraction of sp³-hybridized carbons (Fsp3) is 0.0571. The molecule has 0 aliphatic carbocycles. The van der Waals surface area contributed by atoms with Crippen molar-refractivity contribution in [2.75, 3.05) is 0 Å². The maximum Gasteiger partial charge on any atom is 0.336 e. The Balaban J connectivity index is 2.46. The van der Waals surface area contributed by atoms with Crippen LogP contribution in [0, 0.1) is 5.41 Å². The van der Waals surface area contributed by atoms with Crippen LogP contribution in [0.5, 0.6) is 23.0 Å². The van der Waals surface area contributed by atoms with E-state index in [4.69, 9.17) is 0 Å². The molecule has 228 valence electrons. The Morgan fingerprint density at radius 1 is 0.511 bits per heavy atom. The lowest BCUT2D eigenvalue weighted by Crippen LogP contribution is -2.45. The molecule has 0 spiro atoms. The van der Waals surface area contributed by atoms with Crippen LogP contribution in [0.1, 0.15) is 22.3 Å². The highest BCUT2D eigenvalue weighted by atomic mass is 16.4. The first-order chi connectivity index (χ1) is 21.4. The van der Waals surface area contributed by atoms with Crippen LogP contribution >= 0.6 is 0 Å². The number of carboxylic acids is 3. The molecule has 0 aliphatic rings. The standard InChI is InChI=1S/C35H28O10/c36-27-13-5-1-9-22(27)23(33(44)45)21-34(19-17-31(40)41,20-18-32(42)43)35(24-10-2-6-14-28(24)37,25-11-3-7-15-29(25)38)26-12-4-8-16-30(26)39/h1-21,36-39H,(H,40,41)(H,42,43)(H,44,45). The molecule has 0 radical (unpaired) electrons. The summed E-state index contributed by atoms with van der Waals surface area (Å²) in [6, 6.07) is 22.6. The molecule has 0 heterocycles. The molecular formula is C35H28O10. The van der Waals surface area contributed by atoms with Gasteiger partial charge in [-0.3, -0.25) is 0 Å². The Hall–Kier alpha value is -6.29. The van der Waals surface area contributed by atoms with Crippen molar-refractivity contribution in [3.05, 3.63) is 150 Å². The van der Waals surface area contributed by atoms with Gasteiger partial charge in [0.2, 0.25) is 0 Å². The molecule has 0 saturated heterocycles. The van der Waals surface area contributed by atoms with Crippen LogP contribution in [0.15, 0.2) is 127 Å². The summed E-state index contributed by atoms with van der Waals surface area (Å²) in [7, 11) is 0. The summed E-state index contributed by atoms with van der Waals surface area (Å²) in [6.45, 7) is 0. The number of aliphatic carboxylic acids is 3. The van der Waals surface area contributed by atoms with Crippen molar-refractivity contribution in [1.29, 1.82) is 0 Å². The van der Waals surface area contributed by atoms with Gasteiger partial charge in [-0.15, -0.1) is 0 Å². The van der Waals surface area contributed by atoms with Gasteiger partial charge in [-0.25, -0.2) is 14.4 Å². The van der Waals surface area contributed by atoms with Gasteiger partial charge in [-0.2, -0.15) is 0 Å². The molecule has 10 nitrogen and oxygen atoms in total. The number of phenolic OH excluding ortho intramolecular Hbond substituents is 4. The molecular weight excluding hydrogens is 580 g/mol. The average Bonchev–Trinajstić information content (AvgIpc) is 3.00. The van der Waals surface area contributed by atoms with Crippen LogP contribution in [0.2, 0.25) is 0 Å². The van der Waals surface area contributed by atoms with E-state index in [1.807, 2.05) is 0 Å². The number of aromatic hydroxyl groups is 4. The number of hydrogen-bond donors (Lipinski definition) is 7. The monoisotopic (exact) mass is 608 g/mol. The van der Waals surface area contributed by atoms with E-state index in [0.717, 1.165) is 18.2 Å². The fourth-order valence-electron chi connectivity index (χ4n) is 5.63. The highest BCUT2D eigenvalue weighted by molar-refractivity contribution is 6.16. The van der Waals surface area contributed by atoms with E-state index in [0.29, 0.717) is 12.2 Å². The largest absolute Gasteiger partial charge is 0.508 e. The number of hydrogen-bond acceptors (Lipinski definition) is 7. The van der Waals surface area contributed by atoms with Crippen LogP contribution in [-0.4, -0.2) is 53.7 Å². The summed E-state index contributed by atoms with van der Waals surface area (Å²) >= 11 is 0. The van der Waals surface area contributed by atoms with Crippen LogP contribution in [0.3, 0.4) is 0 Å². The molecule has 4 aromatic carbocycles. The summed E-state index contributed by atoms with van der Waals surface area (Å²) in [4.78, 5) is 37.2. The Kier molecular flexibility index (Phi) is 9.09. The molecule has 45 heavy (non-hydrogen) atoms. The van der Waals surface area contributed by atoms with Gasteiger partial charge >= 0.3 is 17.9 Å². The van der Waals surface area contributed by atoms with Crippen molar-refractivity contribution in [3.63, 3.8) is 0 Å². The molecule has 0 atom stereocenters. The summed E-state index contributed by atoms with van der Waals surface area (Å²) in [6.07, 6.45) is 4.34. The number of allylic oxidation sites excluding steroid dienone is 3. The van der Waals surface area contributed by atoms with Crippen molar-refractivity contribution >= 4 is 23.5 Å². The zero-order valence-electron chi connectivity index (χ0n) is 23.5. The minimum Gasteiger partial charge on any atom is -0.508 e. The van der Waals surface area contributed by atoms with Crippen LogP contribution < -0.4 is 0 Å². The fourth-order valence-corrected chi connectivity index (χ4v) is 5.63. The third kappa shape index (κ3) is 5.98. The minimum absolute atomic E-state index is 0.0728. The lowest BCUT2D eigenvalue weighted by molar-refractivity contribution is -0.132. The molecule has 0 aromatic heterocycles. The SMILES string of the molecule is O=C(O)C=CC(C=CC(=O)O)(C=C(C(=O)O)c1ccccc1O)C(c1ccccc1O)(c1ccccc1O)c1ccccc1O. The van der Waals surface area contributed by atoms with E-state index in [1.165, 1.54) is 97.1 Å². The normalized spacial score (nSPS) is 13.5. The van der Waals surface area contributed by atoms with Crippen molar-refractivity contribution in [2.24, 2.45) is 5.41 Å². The number of carbonyl (C=O) groups is 3. The van der Waals surface area contributed by atoms with Gasteiger partial charge in [0.05, 0.1) is 11.0 Å². The molecule has 4 rings (SSSR count). The number of para-hydroxylation sites is 4. The first kappa shape index (κ1) is 31.6. The van der Waals surface area contributed by atoms with Crippen LogP contribution in [0.25, 0.3) is 5.57 Å². The van der Waals surface area contributed by atoms with Crippen LogP contribution in [0.4, 0.5) is 0 Å². The Morgan fingerprint density at radius 2 is 0.867 bits per heavy atom. The molecule has 0 aliphatic heterocycles. The molecule has 4 aromatic rings. The molecule has 0 amide bonds. The lowest BCUT2D eigenvalue weighted by atomic mass is 9.52. The van der Waals surface area contributed by atoms with Crippen molar-refractivity contribution in [1.82, 2.24) is 0 Å². The molecule has 10 heteroatoms. The van der Waals surface area contributed by atoms with Gasteiger partial charge in [0, 0.05) is 39.8 Å². The van der Waals surface area contributed by atoms with E-state index in [-0.39, 0.29) is 22.3 Å². The summed E-state index contributed by atoms with van der Waals surface area (Å²) in [5, 5.41) is 75.3. The molecule has 0 saturated carbocycles. The smallest absolute Gasteiger partial charge is 0.336 e. The first-order valence-electron chi connectivity index (χ1n) is 13.4. The molecule has 0 unspecified atom stereocenters. The molecule has 0 bridgehead atoms. The molecule has 0 fully saturated rings. The van der Waals surface area contributed by atoms with Gasteiger partial charge in [0.25, 0.3) is 0 Å². The maximum absolute atomic E-state index is 12.9. The Bertz CT molecular complexity index is 1720.